The number of carbonyl (C=O) groups is 1. The number of halogens is 1. The Morgan fingerprint density at radius 3 is 2.63 bits per heavy atom. The van der Waals surface area contributed by atoms with Crippen molar-refractivity contribution in [2.75, 3.05) is 40.3 Å². The smallest absolute Gasteiger partial charge is 0.253 e. The van der Waals surface area contributed by atoms with Gasteiger partial charge in [-0.1, -0.05) is 17.7 Å². The quantitative estimate of drug-likeness (QED) is 0.727. The lowest BCUT2D eigenvalue weighted by atomic mass is 9.90. The highest BCUT2D eigenvalue weighted by Crippen LogP contribution is 2.28. The van der Waals surface area contributed by atoms with Crippen molar-refractivity contribution in [1.82, 2.24) is 9.80 Å². The molecule has 0 aliphatic carbocycles. The van der Waals surface area contributed by atoms with E-state index in [1.165, 1.54) is 0 Å². The Morgan fingerprint density at radius 2 is 1.97 bits per heavy atom. The second-order valence-corrected chi connectivity index (χ2v) is 8.53. The highest BCUT2D eigenvalue weighted by Gasteiger charge is 2.41. The molecule has 1 heterocycles. The second kappa shape index (κ2) is 9.69. The Kier molecular flexibility index (Phi) is 7.23. The summed E-state index contributed by atoms with van der Waals surface area (Å²) in [5.74, 6) is 1.21. The Labute approximate surface area is 183 Å². The fourth-order valence-electron chi connectivity index (χ4n) is 3.29. The van der Waals surface area contributed by atoms with Crippen LogP contribution in [-0.4, -0.2) is 72.9 Å². The Morgan fingerprint density at radius 1 is 1.23 bits per heavy atom. The van der Waals surface area contributed by atoms with E-state index in [0.717, 1.165) is 12.3 Å². The largest absolute Gasteiger partial charge is 0.492 e. The molecule has 2 atom stereocenters. The molecule has 0 bridgehead atoms. The molecule has 30 heavy (non-hydrogen) atoms. The van der Waals surface area contributed by atoms with Crippen LogP contribution < -0.4 is 9.47 Å². The lowest BCUT2D eigenvalue weighted by molar-refractivity contribution is -0.0881. The number of likely N-dealkylation sites (N-methyl/N-ethyl adjacent to an activating group) is 1. The first-order valence-electron chi connectivity index (χ1n) is 10.1. The molecule has 0 aromatic heterocycles. The number of nitrogens with zero attached hydrogens (tertiary/aromatic N) is 2. The zero-order valence-corrected chi connectivity index (χ0v) is 18.4. The number of piperidine rings is 1. The van der Waals surface area contributed by atoms with Crippen molar-refractivity contribution in [3.8, 4) is 11.5 Å². The lowest BCUT2D eigenvalue weighted by Gasteiger charge is -2.42. The van der Waals surface area contributed by atoms with E-state index < -0.39 is 11.7 Å². The number of aliphatic hydroxyl groups is 1. The van der Waals surface area contributed by atoms with Gasteiger partial charge in [0, 0.05) is 23.7 Å². The predicted molar refractivity (Wildman–Crippen MR) is 118 cm³/mol. The van der Waals surface area contributed by atoms with Crippen molar-refractivity contribution >= 4 is 17.5 Å². The van der Waals surface area contributed by atoms with E-state index in [-0.39, 0.29) is 5.91 Å². The van der Waals surface area contributed by atoms with Gasteiger partial charge in [0.2, 0.25) is 0 Å². The highest BCUT2D eigenvalue weighted by molar-refractivity contribution is 6.30. The maximum atomic E-state index is 13.0. The van der Waals surface area contributed by atoms with E-state index in [4.69, 9.17) is 21.1 Å². The summed E-state index contributed by atoms with van der Waals surface area (Å²) in [4.78, 5) is 16.8. The minimum atomic E-state index is -1.04. The van der Waals surface area contributed by atoms with Crippen LogP contribution in [0, 0.1) is 0 Å². The molecule has 6 nitrogen and oxygen atoms in total. The van der Waals surface area contributed by atoms with Crippen LogP contribution in [0.2, 0.25) is 5.02 Å². The van der Waals surface area contributed by atoms with E-state index in [9.17, 15) is 9.90 Å². The second-order valence-electron chi connectivity index (χ2n) is 8.10. The van der Waals surface area contributed by atoms with Gasteiger partial charge in [0.15, 0.2) is 0 Å². The molecule has 2 aromatic rings. The maximum Gasteiger partial charge on any atom is 0.253 e. The van der Waals surface area contributed by atoms with Gasteiger partial charge < -0.3 is 24.4 Å². The number of benzene rings is 2. The third-order valence-corrected chi connectivity index (χ3v) is 5.47. The summed E-state index contributed by atoms with van der Waals surface area (Å²) in [6, 6.07) is 14.2. The molecule has 1 aliphatic heterocycles. The van der Waals surface area contributed by atoms with Crippen molar-refractivity contribution in [1.29, 1.82) is 0 Å². The average molecular weight is 433 g/mol. The molecular formula is C23H29ClN2O4. The fraction of sp³-hybridized carbons (Fsp3) is 0.435. The van der Waals surface area contributed by atoms with Crippen LogP contribution in [0.15, 0.2) is 48.5 Å². The van der Waals surface area contributed by atoms with Crippen LogP contribution in [0.1, 0.15) is 23.7 Å². The summed E-state index contributed by atoms with van der Waals surface area (Å²) in [6.07, 6.45) is -0.127. The molecule has 7 heteroatoms. The van der Waals surface area contributed by atoms with Gasteiger partial charge in [-0.3, -0.25) is 4.79 Å². The first kappa shape index (κ1) is 22.4. The molecule has 0 radical (unpaired) electrons. The molecule has 162 valence electrons. The average Bonchev–Trinajstić information content (AvgIpc) is 2.69. The van der Waals surface area contributed by atoms with E-state index in [1.807, 2.05) is 31.1 Å². The molecule has 3 rings (SSSR count). The number of amides is 1. The number of rotatable bonds is 7. The van der Waals surface area contributed by atoms with Gasteiger partial charge in [-0.25, -0.2) is 0 Å². The van der Waals surface area contributed by atoms with E-state index in [0.29, 0.717) is 42.5 Å². The first-order valence-corrected chi connectivity index (χ1v) is 10.4. The zero-order chi connectivity index (χ0) is 21.7. The number of likely N-dealkylation sites (tertiary alicyclic amines) is 1. The molecule has 2 aromatic carbocycles. The third kappa shape index (κ3) is 5.88. The van der Waals surface area contributed by atoms with Gasteiger partial charge in [0.05, 0.1) is 6.54 Å². The Balaban J connectivity index is 1.64. The van der Waals surface area contributed by atoms with Gasteiger partial charge in [-0.2, -0.15) is 0 Å². The zero-order valence-electron chi connectivity index (χ0n) is 17.7. The van der Waals surface area contributed by atoms with Crippen LogP contribution >= 0.6 is 11.6 Å². The summed E-state index contributed by atoms with van der Waals surface area (Å²) in [5.41, 5.74) is -0.457. The van der Waals surface area contributed by atoms with Crippen LogP contribution in [0.4, 0.5) is 0 Å². The molecule has 0 unspecified atom stereocenters. The number of hydrogen-bond donors (Lipinski definition) is 1. The van der Waals surface area contributed by atoms with Crippen LogP contribution in [-0.2, 0) is 0 Å². The van der Waals surface area contributed by atoms with Crippen LogP contribution in [0.5, 0.6) is 11.5 Å². The third-order valence-electron chi connectivity index (χ3n) is 5.24. The van der Waals surface area contributed by atoms with E-state index in [1.54, 1.807) is 48.2 Å². The lowest BCUT2D eigenvalue weighted by Crippen LogP contribution is -2.57. The predicted octanol–water partition coefficient (Wildman–Crippen LogP) is 3.32. The van der Waals surface area contributed by atoms with Crippen molar-refractivity contribution in [2.45, 2.75) is 25.0 Å². The summed E-state index contributed by atoms with van der Waals surface area (Å²) < 4.78 is 11.7. The van der Waals surface area contributed by atoms with Crippen molar-refractivity contribution in [2.24, 2.45) is 0 Å². The number of hydrogen-bond acceptors (Lipinski definition) is 5. The Bertz CT molecular complexity index is 855. The van der Waals surface area contributed by atoms with Crippen molar-refractivity contribution < 1.29 is 19.4 Å². The summed E-state index contributed by atoms with van der Waals surface area (Å²) in [6.45, 7) is 3.90. The van der Waals surface area contributed by atoms with Gasteiger partial charge >= 0.3 is 0 Å². The number of carbonyl (C=O) groups excluding carboxylic acids is 1. The van der Waals surface area contributed by atoms with E-state index >= 15 is 0 Å². The van der Waals surface area contributed by atoms with Gasteiger partial charge in [-0.15, -0.1) is 0 Å². The first-order chi connectivity index (χ1) is 14.2. The summed E-state index contributed by atoms with van der Waals surface area (Å²) in [5, 5.41) is 11.3. The molecule has 1 saturated heterocycles. The molecule has 1 N–H and O–H groups in total. The summed E-state index contributed by atoms with van der Waals surface area (Å²) in [7, 11) is 3.98. The van der Waals surface area contributed by atoms with Crippen LogP contribution in [0.3, 0.4) is 0 Å². The minimum absolute atomic E-state index is 0.0926. The molecule has 0 saturated carbocycles. The Hall–Kier alpha value is -2.28. The topological polar surface area (TPSA) is 62.2 Å². The molecule has 1 amide bonds. The van der Waals surface area contributed by atoms with Gasteiger partial charge in [-0.05, 0) is 69.9 Å². The van der Waals surface area contributed by atoms with Gasteiger partial charge in [0.25, 0.3) is 5.91 Å². The SMILES string of the molecule is CN(C)CCOc1ccc(C(=O)N2CC[C@](C)(O)[C@@H](Oc3cccc(Cl)c3)C2)cc1. The summed E-state index contributed by atoms with van der Waals surface area (Å²) >= 11 is 6.03. The normalized spacial score (nSPS) is 21.5. The minimum Gasteiger partial charge on any atom is -0.492 e. The molecule has 0 spiro atoms. The standard InChI is InChI=1S/C23H29ClN2O4/c1-23(28)11-12-26(16-21(23)30-20-6-4-5-18(24)15-20)22(27)17-7-9-19(10-8-17)29-14-13-25(2)3/h4-10,15,21,28H,11-14,16H2,1-3H3/t21-,23-/m0/s1. The number of ether oxygens (including phenoxy) is 2. The van der Waals surface area contributed by atoms with Gasteiger partial charge in [0.1, 0.15) is 29.8 Å². The van der Waals surface area contributed by atoms with E-state index in [2.05, 4.69) is 0 Å². The maximum absolute atomic E-state index is 13.0. The molecule has 1 aliphatic rings. The monoisotopic (exact) mass is 432 g/mol. The molecule has 1 fully saturated rings. The molecular weight excluding hydrogens is 404 g/mol. The highest BCUT2D eigenvalue weighted by atomic mass is 35.5. The van der Waals surface area contributed by atoms with Crippen molar-refractivity contribution in [3.05, 3.63) is 59.1 Å². The van der Waals surface area contributed by atoms with Crippen molar-refractivity contribution in [3.63, 3.8) is 0 Å². The van der Waals surface area contributed by atoms with Crippen LogP contribution in [0.25, 0.3) is 0 Å². The fourth-order valence-corrected chi connectivity index (χ4v) is 3.47.